The number of likely N-dealkylation sites (N-methyl/N-ethyl adjacent to an activating group) is 1. The molecule has 0 aliphatic rings. The Hall–Kier alpha value is -2.70. The lowest BCUT2D eigenvalue weighted by atomic mass is 10.1. The number of carbonyl (C=O) groups is 2. The van der Waals surface area contributed by atoms with E-state index in [1.165, 1.54) is 30.2 Å². The van der Waals surface area contributed by atoms with Crippen LogP contribution >= 0.6 is 0 Å². The number of nitrogens with one attached hydrogen (secondary N) is 1. The molecule has 118 valence electrons. The topological polar surface area (TPSA) is 92.6 Å². The average Bonchev–Trinajstić information content (AvgIpc) is 2.43. The van der Waals surface area contributed by atoms with Gasteiger partial charge >= 0.3 is 0 Å². The van der Waals surface area contributed by atoms with Crippen molar-refractivity contribution in [3.05, 3.63) is 46.0 Å². The van der Waals surface area contributed by atoms with Gasteiger partial charge in [0.1, 0.15) is 0 Å². The van der Waals surface area contributed by atoms with Gasteiger partial charge < -0.3 is 10.2 Å². The van der Waals surface area contributed by atoms with Gasteiger partial charge in [0.05, 0.1) is 17.0 Å². The molecule has 1 N–H and O–H groups in total. The molecule has 0 atom stereocenters. The fourth-order valence-electron chi connectivity index (χ4n) is 1.74. The fraction of sp³-hybridized carbons (Fsp3) is 0.333. The quantitative estimate of drug-likeness (QED) is 0.491. The third kappa shape index (κ3) is 5.35. The van der Waals surface area contributed by atoms with Crippen molar-refractivity contribution in [3.63, 3.8) is 0 Å². The number of rotatable bonds is 6. The first-order valence-corrected chi connectivity index (χ1v) is 6.77. The van der Waals surface area contributed by atoms with Crippen LogP contribution in [0.3, 0.4) is 0 Å². The van der Waals surface area contributed by atoms with Gasteiger partial charge in [-0.15, -0.1) is 0 Å². The lowest BCUT2D eigenvalue weighted by molar-refractivity contribution is -0.385. The Bertz CT molecular complexity index is 596. The van der Waals surface area contributed by atoms with E-state index in [2.05, 4.69) is 5.32 Å². The molecule has 1 aromatic rings. The number of carbonyl (C=O) groups excluding carboxylic acids is 2. The third-order valence-corrected chi connectivity index (χ3v) is 2.75. The molecule has 22 heavy (non-hydrogen) atoms. The zero-order valence-electron chi connectivity index (χ0n) is 12.8. The van der Waals surface area contributed by atoms with Gasteiger partial charge in [-0.1, -0.05) is 12.1 Å². The van der Waals surface area contributed by atoms with E-state index in [1.54, 1.807) is 18.2 Å². The molecular weight excluding hydrogens is 286 g/mol. The van der Waals surface area contributed by atoms with Crippen LogP contribution < -0.4 is 5.32 Å². The summed E-state index contributed by atoms with van der Waals surface area (Å²) >= 11 is 0. The highest BCUT2D eigenvalue weighted by molar-refractivity contribution is 5.94. The van der Waals surface area contributed by atoms with Crippen molar-refractivity contribution in [2.75, 3.05) is 13.6 Å². The molecule has 1 rings (SSSR count). The van der Waals surface area contributed by atoms with Crippen LogP contribution in [-0.4, -0.2) is 41.3 Å². The number of nitro groups is 1. The summed E-state index contributed by atoms with van der Waals surface area (Å²) in [6.45, 7) is 3.58. The van der Waals surface area contributed by atoms with E-state index in [0.717, 1.165) is 0 Å². The Morgan fingerprint density at radius 1 is 1.36 bits per heavy atom. The SMILES string of the molecule is CC(C)NC(=O)CN(C)C(=O)/C=C/c1ccccc1[N+](=O)[O-]. The summed E-state index contributed by atoms with van der Waals surface area (Å²) in [5.41, 5.74) is 0.257. The maximum Gasteiger partial charge on any atom is 0.276 e. The fourth-order valence-corrected chi connectivity index (χ4v) is 1.74. The number of hydrogen-bond donors (Lipinski definition) is 1. The van der Waals surface area contributed by atoms with E-state index in [0.29, 0.717) is 5.56 Å². The maximum absolute atomic E-state index is 11.9. The van der Waals surface area contributed by atoms with Crippen LogP contribution in [0.15, 0.2) is 30.3 Å². The number of para-hydroxylation sites is 1. The van der Waals surface area contributed by atoms with E-state index in [1.807, 2.05) is 13.8 Å². The van der Waals surface area contributed by atoms with Crippen LogP contribution in [0.2, 0.25) is 0 Å². The Kier molecular flexibility index (Phi) is 6.25. The first kappa shape index (κ1) is 17.4. The number of nitro benzene ring substituents is 1. The molecule has 0 radical (unpaired) electrons. The summed E-state index contributed by atoms with van der Waals surface area (Å²) in [6.07, 6.45) is 2.59. The van der Waals surface area contributed by atoms with Gasteiger partial charge in [-0.2, -0.15) is 0 Å². The zero-order valence-corrected chi connectivity index (χ0v) is 12.8. The molecule has 2 amide bonds. The van der Waals surface area contributed by atoms with Crippen LogP contribution in [0.4, 0.5) is 5.69 Å². The smallest absolute Gasteiger partial charge is 0.276 e. The molecule has 0 aliphatic heterocycles. The van der Waals surface area contributed by atoms with Gasteiger partial charge in [0.2, 0.25) is 11.8 Å². The minimum atomic E-state index is -0.510. The Morgan fingerprint density at radius 3 is 2.59 bits per heavy atom. The first-order valence-electron chi connectivity index (χ1n) is 6.77. The van der Waals surface area contributed by atoms with Crippen molar-refractivity contribution in [1.82, 2.24) is 10.2 Å². The normalized spacial score (nSPS) is 10.7. The predicted molar refractivity (Wildman–Crippen MR) is 83.0 cm³/mol. The molecule has 0 aromatic heterocycles. The average molecular weight is 305 g/mol. The summed E-state index contributed by atoms with van der Waals surface area (Å²) in [6, 6.07) is 6.12. The van der Waals surface area contributed by atoms with E-state index in [4.69, 9.17) is 0 Å². The van der Waals surface area contributed by atoms with E-state index in [-0.39, 0.29) is 24.2 Å². The van der Waals surface area contributed by atoms with Crippen molar-refractivity contribution >= 4 is 23.6 Å². The van der Waals surface area contributed by atoms with Gasteiger partial charge in [-0.25, -0.2) is 0 Å². The Balaban J connectivity index is 2.72. The molecule has 0 saturated heterocycles. The van der Waals surface area contributed by atoms with E-state index < -0.39 is 10.8 Å². The molecule has 7 nitrogen and oxygen atoms in total. The largest absolute Gasteiger partial charge is 0.352 e. The first-order chi connectivity index (χ1) is 10.3. The second kappa shape index (κ2) is 7.92. The number of nitrogens with zero attached hydrogens (tertiary/aromatic N) is 2. The summed E-state index contributed by atoms with van der Waals surface area (Å²) in [7, 11) is 1.49. The van der Waals surface area contributed by atoms with E-state index >= 15 is 0 Å². The molecule has 1 aromatic carbocycles. The number of amides is 2. The van der Waals surface area contributed by atoms with Gasteiger partial charge in [0.15, 0.2) is 0 Å². The van der Waals surface area contributed by atoms with Crippen molar-refractivity contribution in [2.24, 2.45) is 0 Å². The molecule has 0 heterocycles. The van der Waals surface area contributed by atoms with Crippen LogP contribution in [0.1, 0.15) is 19.4 Å². The predicted octanol–water partition coefficient (Wildman–Crippen LogP) is 1.59. The van der Waals surface area contributed by atoms with Crippen molar-refractivity contribution < 1.29 is 14.5 Å². The highest BCUT2D eigenvalue weighted by Gasteiger charge is 2.13. The Morgan fingerprint density at radius 2 is 2.00 bits per heavy atom. The third-order valence-electron chi connectivity index (χ3n) is 2.75. The van der Waals surface area contributed by atoms with Gasteiger partial charge in [0.25, 0.3) is 5.69 Å². The van der Waals surface area contributed by atoms with Crippen molar-refractivity contribution in [1.29, 1.82) is 0 Å². The van der Waals surface area contributed by atoms with Gasteiger partial charge in [-0.05, 0) is 26.0 Å². The molecule has 7 heteroatoms. The van der Waals surface area contributed by atoms with Crippen LogP contribution in [-0.2, 0) is 9.59 Å². The Labute approximate surface area is 128 Å². The van der Waals surface area contributed by atoms with Crippen LogP contribution in [0, 0.1) is 10.1 Å². The van der Waals surface area contributed by atoms with E-state index in [9.17, 15) is 19.7 Å². The number of hydrogen-bond acceptors (Lipinski definition) is 4. The molecule has 0 unspecified atom stereocenters. The lowest BCUT2D eigenvalue weighted by Crippen LogP contribution is -2.40. The lowest BCUT2D eigenvalue weighted by Gasteiger charge is -2.16. The second-order valence-electron chi connectivity index (χ2n) is 5.07. The molecule has 0 bridgehead atoms. The zero-order chi connectivity index (χ0) is 16.7. The van der Waals surface area contributed by atoms with Crippen molar-refractivity contribution in [3.8, 4) is 0 Å². The summed E-state index contributed by atoms with van der Waals surface area (Å²) < 4.78 is 0. The van der Waals surface area contributed by atoms with Gasteiger partial charge in [-0.3, -0.25) is 19.7 Å². The minimum Gasteiger partial charge on any atom is -0.352 e. The highest BCUT2D eigenvalue weighted by atomic mass is 16.6. The van der Waals surface area contributed by atoms with Crippen LogP contribution in [0.5, 0.6) is 0 Å². The second-order valence-corrected chi connectivity index (χ2v) is 5.07. The maximum atomic E-state index is 11.9. The summed E-state index contributed by atoms with van der Waals surface area (Å²) in [5.74, 6) is -0.665. The molecule has 0 saturated carbocycles. The van der Waals surface area contributed by atoms with Crippen LogP contribution in [0.25, 0.3) is 6.08 Å². The van der Waals surface area contributed by atoms with Gasteiger partial charge in [0, 0.05) is 25.2 Å². The molecular formula is C15H19N3O4. The standard InChI is InChI=1S/C15H19N3O4/c1-11(2)16-14(19)10-17(3)15(20)9-8-12-6-4-5-7-13(12)18(21)22/h4-9,11H,10H2,1-3H3,(H,16,19)/b9-8+. The summed E-state index contributed by atoms with van der Waals surface area (Å²) in [4.78, 5) is 35.1. The summed E-state index contributed by atoms with van der Waals surface area (Å²) in [5, 5.41) is 13.6. The highest BCUT2D eigenvalue weighted by Crippen LogP contribution is 2.18. The molecule has 0 fully saturated rings. The minimum absolute atomic E-state index is 0.00138. The number of benzene rings is 1. The molecule has 0 spiro atoms. The molecule has 0 aliphatic carbocycles. The van der Waals surface area contributed by atoms with Crippen molar-refractivity contribution in [2.45, 2.75) is 19.9 Å². The monoisotopic (exact) mass is 305 g/mol.